The maximum Gasteiger partial charge on any atom is 0.265 e. The first-order valence-corrected chi connectivity index (χ1v) is 11.3. The Morgan fingerprint density at radius 3 is 2.57 bits per heavy atom. The van der Waals surface area contributed by atoms with Crippen LogP contribution in [0.5, 0.6) is 0 Å². The van der Waals surface area contributed by atoms with Crippen molar-refractivity contribution in [2.45, 2.75) is 44.6 Å². The summed E-state index contributed by atoms with van der Waals surface area (Å²) < 4.78 is 0. The summed E-state index contributed by atoms with van der Waals surface area (Å²) in [6, 6.07) is 4.51. The number of thiazole rings is 1. The van der Waals surface area contributed by atoms with E-state index >= 15 is 0 Å². The van der Waals surface area contributed by atoms with Crippen LogP contribution < -0.4 is 5.32 Å². The number of pyridine rings is 1. The molecule has 1 amide bonds. The Bertz CT molecular complexity index is 1040. The minimum Gasteiger partial charge on any atom is -0.351 e. The molecule has 1 N–H and O–H groups in total. The number of hydrogen-bond acceptors (Lipinski definition) is 7. The second-order valence-corrected chi connectivity index (χ2v) is 8.84. The van der Waals surface area contributed by atoms with Crippen molar-refractivity contribution in [1.82, 2.24) is 24.8 Å². The van der Waals surface area contributed by atoms with E-state index in [0.29, 0.717) is 17.9 Å². The first-order valence-electron chi connectivity index (χ1n) is 10.4. The van der Waals surface area contributed by atoms with Crippen LogP contribution >= 0.6 is 11.3 Å². The van der Waals surface area contributed by atoms with E-state index in [1.54, 1.807) is 17.9 Å². The van der Waals surface area contributed by atoms with Crippen LogP contribution in [0, 0.1) is 6.92 Å². The molecule has 1 saturated carbocycles. The number of carbonyl (C=O) groups is 1. The van der Waals surface area contributed by atoms with Gasteiger partial charge < -0.3 is 10.2 Å². The fourth-order valence-corrected chi connectivity index (χ4v) is 4.72. The van der Waals surface area contributed by atoms with Crippen LogP contribution in [-0.2, 0) is 0 Å². The standard InChI is InChI=1S/C22H24N6OS/c1-14-20(30-13-25-14)21(29)28-10-6-16(7-11-28)19-18(15-4-8-23-9-5-15)12-24-22(27-19)26-17-2-3-17/h4-5,8-9,12-13,16-17H,2-3,6-7,10-11H2,1H3,(H,24,26,27). The molecule has 0 unspecified atom stereocenters. The molecule has 0 aromatic carbocycles. The second-order valence-electron chi connectivity index (χ2n) is 7.98. The predicted octanol–water partition coefficient (Wildman–Crippen LogP) is 3.90. The van der Waals surface area contributed by atoms with Crippen molar-refractivity contribution in [3.63, 3.8) is 0 Å². The molecule has 3 aromatic heterocycles. The number of anilines is 1. The van der Waals surface area contributed by atoms with Crippen molar-refractivity contribution in [2.75, 3.05) is 18.4 Å². The third-order valence-electron chi connectivity index (χ3n) is 5.83. The van der Waals surface area contributed by atoms with Crippen LogP contribution in [0.3, 0.4) is 0 Å². The molecule has 0 atom stereocenters. The monoisotopic (exact) mass is 420 g/mol. The highest BCUT2D eigenvalue weighted by Crippen LogP contribution is 2.35. The fourth-order valence-electron chi connectivity index (χ4n) is 3.95. The van der Waals surface area contributed by atoms with Crippen molar-refractivity contribution in [1.29, 1.82) is 0 Å². The van der Waals surface area contributed by atoms with Gasteiger partial charge >= 0.3 is 0 Å². The number of aromatic nitrogens is 4. The minimum absolute atomic E-state index is 0.0987. The summed E-state index contributed by atoms with van der Waals surface area (Å²) in [5.41, 5.74) is 5.77. The predicted molar refractivity (Wildman–Crippen MR) is 117 cm³/mol. The first kappa shape index (κ1) is 19.1. The SMILES string of the molecule is Cc1ncsc1C(=O)N1CCC(c2nc(NC3CC3)ncc2-c2ccncc2)CC1. The van der Waals surface area contributed by atoms with E-state index in [-0.39, 0.29) is 5.91 Å². The topological polar surface area (TPSA) is 83.9 Å². The van der Waals surface area contributed by atoms with Crippen LogP contribution in [0.15, 0.2) is 36.2 Å². The highest BCUT2D eigenvalue weighted by Gasteiger charge is 2.29. The summed E-state index contributed by atoms with van der Waals surface area (Å²) in [7, 11) is 0. The van der Waals surface area contributed by atoms with Gasteiger partial charge in [-0.2, -0.15) is 0 Å². The van der Waals surface area contributed by atoms with E-state index in [0.717, 1.165) is 53.3 Å². The lowest BCUT2D eigenvalue weighted by Gasteiger charge is -2.32. The Hall–Kier alpha value is -2.87. The third kappa shape index (κ3) is 3.92. The molecular weight excluding hydrogens is 396 g/mol. The van der Waals surface area contributed by atoms with Gasteiger partial charge in [0.25, 0.3) is 5.91 Å². The number of hydrogen-bond donors (Lipinski definition) is 1. The number of rotatable bonds is 5. The van der Waals surface area contributed by atoms with Crippen LogP contribution in [0.25, 0.3) is 11.1 Å². The molecule has 3 aromatic rings. The van der Waals surface area contributed by atoms with Gasteiger partial charge in [-0.25, -0.2) is 15.0 Å². The van der Waals surface area contributed by atoms with Crippen LogP contribution in [0.2, 0.25) is 0 Å². The van der Waals surface area contributed by atoms with Gasteiger partial charge in [0.05, 0.1) is 16.9 Å². The summed E-state index contributed by atoms with van der Waals surface area (Å²) in [6.07, 6.45) is 9.68. The summed E-state index contributed by atoms with van der Waals surface area (Å²) in [6.45, 7) is 3.35. The van der Waals surface area contributed by atoms with Gasteiger partial charge in [0, 0.05) is 49.2 Å². The van der Waals surface area contributed by atoms with E-state index in [1.807, 2.05) is 30.2 Å². The van der Waals surface area contributed by atoms with Gasteiger partial charge in [0.1, 0.15) is 4.88 Å². The molecule has 2 aliphatic rings. The maximum atomic E-state index is 12.8. The third-order valence-corrected chi connectivity index (χ3v) is 6.75. The maximum absolute atomic E-state index is 12.8. The van der Waals surface area contributed by atoms with Crippen LogP contribution in [0.1, 0.15) is 52.7 Å². The lowest BCUT2D eigenvalue weighted by molar-refractivity contribution is 0.0716. The van der Waals surface area contributed by atoms with Crippen molar-refractivity contribution in [3.8, 4) is 11.1 Å². The van der Waals surface area contributed by atoms with E-state index in [2.05, 4.69) is 20.3 Å². The normalized spacial score (nSPS) is 17.2. The Labute approximate surface area is 179 Å². The molecule has 1 aliphatic heterocycles. The molecule has 4 heterocycles. The summed E-state index contributed by atoms with van der Waals surface area (Å²) in [5.74, 6) is 1.10. The van der Waals surface area contributed by atoms with Gasteiger partial charge in [-0.15, -0.1) is 11.3 Å². The highest BCUT2D eigenvalue weighted by molar-refractivity contribution is 7.11. The molecule has 1 saturated heterocycles. The van der Waals surface area contributed by atoms with E-state index in [9.17, 15) is 4.79 Å². The fraction of sp³-hybridized carbons (Fsp3) is 0.409. The second kappa shape index (κ2) is 8.10. The first-order chi connectivity index (χ1) is 14.7. The zero-order valence-corrected chi connectivity index (χ0v) is 17.7. The van der Waals surface area contributed by atoms with Crippen molar-refractivity contribution >= 4 is 23.2 Å². The van der Waals surface area contributed by atoms with Crippen LogP contribution in [0.4, 0.5) is 5.95 Å². The Morgan fingerprint density at radius 1 is 1.13 bits per heavy atom. The summed E-state index contributed by atoms with van der Waals surface area (Å²) >= 11 is 1.42. The number of amides is 1. The lowest BCUT2D eigenvalue weighted by Crippen LogP contribution is -2.38. The van der Waals surface area contributed by atoms with E-state index in [4.69, 9.17) is 4.98 Å². The number of aryl methyl sites for hydroxylation is 1. The molecule has 0 spiro atoms. The Morgan fingerprint density at radius 2 is 1.90 bits per heavy atom. The molecular formula is C22H24N6OS. The number of likely N-dealkylation sites (tertiary alicyclic amines) is 1. The Kier molecular flexibility index (Phi) is 5.16. The number of nitrogens with one attached hydrogen (secondary N) is 1. The highest BCUT2D eigenvalue weighted by atomic mass is 32.1. The van der Waals surface area contributed by atoms with Gasteiger partial charge in [-0.1, -0.05) is 0 Å². The smallest absolute Gasteiger partial charge is 0.265 e. The molecule has 154 valence electrons. The lowest BCUT2D eigenvalue weighted by atomic mass is 9.89. The van der Waals surface area contributed by atoms with Crippen molar-refractivity contribution < 1.29 is 4.79 Å². The van der Waals surface area contributed by atoms with E-state index in [1.165, 1.54) is 24.2 Å². The number of piperidine rings is 1. The molecule has 5 rings (SSSR count). The molecule has 0 radical (unpaired) electrons. The summed E-state index contributed by atoms with van der Waals surface area (Å²) in [5, 5.41) is 3.42. The Balaban J connectivity index is 1.38. The zero-order chi connectivity index (χ0) is 20.5. The zero-order valence-electron chi connectivity index (χ0n) is 16.9. The molecule has 7 nitrogen and oxygen atoms in total. The van der Waals surface area contributed by atoms with Crippen molar-refractivity contribution in [2.24, 2.45) is 0 Å². The van der Waals surface area contributed by atoms with Crippen LogP contribution in [-0.4, -0.2) is 49.9 Å². The molecule has 0 bridgehead atoms. The molecule has 1 aliphatic carbocycles. The average Bonchev–Trinajstić information content (AvgIpc) is 3.51. The van der Waals surface area contributed by atoms with Gasteiger partial charge in [-0.3, -0.25) is 9.78 Å². The quantitative estimate of drug-likeness (QED) is 0.674. The summed E-state index contributed by atoms with van der Waals surface area (Å²) in [4.78, 5) is 33.4. The molecule has 30 heavy (non-hydrogen) atoms. The van der Waals surface area contributed by atoms with Gasteiger partial charge in [0.2, 0.25) is 5.95 Å². The molecule has 8 heteroatoms. The number of carbonyl (C=O) groups excluding carboxylic acids is 1. The van der Waals surface area contributed by atoms with Gasteiger partial charge in [0.15, 0.2) is 0 Å². The minimum atomic E-state index is 0.0987. The average molecular weight is 421 g/mol. The van der Waals surface area contributed by atoms with E-state index < -0.39 is 0 Å². The van der Waals surface area contributed by atoms with Gasteiger partial charge in [-0.05, 0) is 50.3 Å². The van der Waals surface area contributed by atoms with Crippen molar-refractivity contribution in [3.05, 3.63) is 52.5 Å². The number of nitrogens with zero attached hydrogens (tertiary/aromatic N) is 5. The molecule has 2 fully saturated rings. The largest absolute Gasteiger partial charge is 0.351 e.